The van der Waals surface area contributed by atoms with E-state index in [2.05, 4.69) is 4.98 Å². The van der Waals surface area contributed by atoms with Crippen LogP contribution in [0.1, 0.15) is 17.5 Å². The molecule has 0 aromatic carbocycles. The van der Waals surface area contributed by atoms with E-state index >= 15 is 0 Å². The van der Waals surface area contributed by atoms with Gasteiger partial charge in [0.25, 0.3) is 5.56 Å². The third-order valence-corrected chi connectivity index (χ3v) is 2.86. The number of carboxylic acid groups (broad SMARTS) is 1. The van der Waals surface area contributed by atoms with Crippen LogP contribution in [-0.2, 0) is 20.6 Å². The maximum absolute atomic E-state index is 12.0. The summed E-state index contributed by atoms with van der Waals surface area (Å²) in [6.07, 6.45) is 0. The van der Waals surface area contributed by atoms with Gasteiger partial charge in [0.05, 0.1) is 0 Å². The minimum atomic E-state index is -1.24. The highest BCUT2D eigenvalue weighted by Crippen LogP contribution is 2.09. The lowest BCUT2D eigenvalue weighted by atomic mass is 10.5. The molecule has 0 aliphatic heterocycles. The van der Waals surface area contributed by atoms with Crippen molar-refractivity contribution in [3.8, 4) is 0 Å². The number of hydrogen-bond donors (Lipinski definition) is 1. The number of aromatic nitrogens is 4. The van der Waals surface area contributed by atoms with Crippen molar-refractivity contribution >= 4 is 17.1 Å². The average Bonchev–Trinajstić information content (AvgIpc) is 2.65. The normalized spacial score (nSPS) is 11.1. The number of carboxylic acids is 1. The third kappa shape index (κ3) is 1.38. The molecule has 2 heterocycles. The van der Waals surface area contributed by atoms with Crippen LogP contribution < -0.4 is 11.2 Å². The molecule has 2 rings (SSSR count). The van der Waals surface area contributed by atoms with Gasteiger partial charge in [0.1, 0.15) is 0 Å². The van der Waals surface area contributed by atoms with Crippen LogP contribution in [0.15, 0.2) is 9.59 Å². The minimum absolute atomic E-state index is 0.102. The Morgan fingerprint density at radius 2 is 1.89 bits per heavy atom. The Kier molecular flexibility index (Phi) is 2.57. The maximum Gasteiger partial charge on any atom is 0.372 e. The SMILES string of the molecule is CCn1c(=O)n(C)c(=O)c2c1nc(C(=O)O)n2C. The number of aryl methyl sites for hydroxylation is 2. The van der Waals surface area contributed by atoms with E-state index in [-0.39, 0.29) is 17.0 Å². The van der Waals surface area contributed by atoms with Crippen LogP contribution in [0.3, 0.4) is 0 Å². The van der Waals surface area contributed by atoms with E-state index in [9.17, 15) is 14.4 Å². The molecule has 0 saturated carbocycles. The quantitative estimate of drug-likeness (QED) is 0.750. The zero-order chi connectivity index (χ0) is 13.6. The van der Waals surface area contributed by atoms with Crippen molar-refractivity contribution in [1.29, 1.82) is 0 Å². The summed E-state index contributed by atoms with van der Waals surface area (Å²) in [7, 11) is 2.79. The molecular formula is C10H12N4O4. The van der Waals surface area contributed by atoms with Gasteiger partial charge in [-0.15, -0.1) is 0 Å². The standard InChI is InChI=1S/C10H12N4O4/c1-4-14-6-5(8(15)13(3)10(14)18)12(2)7(11-6)9(16)17/h4H2,1-3H3,(H,16,17). The van der Waals surface area contributed by atoms with Gasteiger partial charge in [-0.25, -0.2) is 14.6 Å². The number of imidazole rings is 1. The molecule has 0 atom stereocenters. The van der Waals surface area contributed by atoms with E-state index in [1.54, 1.807) is 6.92 Å². The van der Waals surface area contributed by atoms with Crippen molar-refractivity contribution in [2.45, 2.75) is 13.5 Å². The molecule has 8 heteroatoms. The molecule has 0 saturated heterocycles. The first kappa shape index (κ1) is 12.1. The van der Waals surface area contributed by atoms with Crippen molar-refractivity contribution in [3.63, 3.8) is 0 Å². The second-order valence-corrected chi connectivity index (χ2v) is 3.86. The molecule has 2 aromatic rings. The number of carbonyl (C=O) groups is 1. The molecule has 0 bridgehead atoms. The fourth-order valence-electron chi connectivity index (χ4n) is 1.91. The van der Waals surface area contributed by atoms with Crippen LogP contribution in [-0.4, -0.2) is 29.8 Å². The van der Waals surface area contributed by atoms with Gasteiger partial charge in [-0.2, -0.15) is 0 Å². The number of hydrogen-bond acceptors (Lipinski definition) is 4. The average molecular weight is 252 g/mol. The molecule has 0 aliphatic carbocycles. The van der Waals surface area contributed by atoms with Gasteiger partial charge >= 0.3 is 11.7 Å². The lowest BCUT2D eigenvalue weighted by molar-refractivity contribution is 0.0680. The fraction of sp³-hybridized carbons (Fsp3) is 0.400. The van der Waals surface area contributed by atoms with Crippen LogP contribution in [0.4, 0.5) is 0 Å². The largest absolute Gasteiger partial charge is 0.475 e. The second-order valence-electron chi connectivity index (χ2n) is 3.86. The molecule has 0 amide bonds. The Labute approximate surface area is 101 Å². The van der Waals surface area contributed by atoms with Gasteiger partial charge in [-0.05, 0) is 6.92 Å². The topological polar surface area (TPSA) is 99.1 Å². The Hall–Kier alpha value is -2.38. The smallest absolute Gasteiger partial charge is 0.372 e. The van der Waals surface area contributed by atoms with Crippen molar-refractivity contribution < 1.29 is 9.90 Å². The van der Waals surface area contributed by atoms with Crippen molar-refractivity contribution in [2.24, 2.45) is 14.1 Å². The molecular weight excluding hydrogens is 240 g/mol. The molecule has 0 radical (unpaired) electrons. The first-order valence-electron chi connectivity index (χ1n) is 5.29. The van der Waals surface area contributed by atoms with Gasteiger partial charge in [0, 0.05) is 20.6 Å². The van der Waals surface area contributed by atoms with Crippen LogP contribution in [0.2, 0.25) is 0 Å². The van der Waals surface area contributed by atoms with Crippen molar-refractivity contribution in [2.75, 3.05) is 0 Å². The van der Waals surface area contributed by atoms with Crippen LogP contribution >= 0.6 is 0 Å². The lowest BCUT2D eigenvalue weighted by Crippen LogP contribution is -2.38. The molecule has 0 unspecified atom stereocenters. The van der Waals surface area contributed by atoms with E-state index in [4.69, 9.17) is 5.11 Å². The summed E-state index contributed by atoms with van der Waals surface area (Å²) >= 11 is 0. The van der Waals surface area contributed by atoms with E-state index in [0.29, 0.717) is 6.54 Å². The molecule has 1 N–H and O–H groups in total. The summed E-state index contributed by atoms with van der Waals surface area (Å²) in [5.74, 6) is -1.51. The summed E-state index contributed by atoms with van der Waals surface area (Å²) < 4.78 is 3.40. The Balaban J connectivity index is 3.12. The van der Waals surface area contributed by atoms with E-state index in [0.717, 1.165) is 4.57 Å². The zero-order valence-electron chi connectivity index (χ0n) is 10.2. The number of fused-ring (bicyclic) bond motifs is 1. The fourth-order valence-corrected chi connectivity index (χ4v) is 1.91. The molecule has 8 nitrogen and oxygen atoms in total. The number of nitrogens with zero attached hydrogens (tertiary/aromatic N) is 4. The highest BCUT2D eigenvalue weighted by molar-refractivity contribution is 5.88. The molecule has 96 valence electrons. The summed E-state index contributed by atoms with van der Waals surface area (Å²) in [4.78, 5) is 38.7. The summed E-state index contributed by atoms with van der Waals surface area (Å²) in [6, 6.07) is 0. The predicted molar refractivity (Wildman–Crippen MR) is 62.8 cm³/mol. The van der Waals surface area contributed by atoms with E-state index < -0.39 is 17.2 Å². The summed E-state index contributed by atoms with van der Waals surface area (Å²) in [6.45, 7) is 2.03. The van der Waals surface area contributed by atoms with Gasteiger partial charge in [0.2, 0.25) is 5.82 Å². The van der Waals surface area contributed by atoms with E-state index in [1.807, 2.05) is 0 Å². The van der Waals surface area contributed by atoms with Crippen LogP contribution in [0.25, 0.3) is 11.2 Å². The van der Waals surface area contributed by atoms with Gasteiger partial charge in [0.15, 0.2) is 11.2 Å². The minimum Gasteiger partial charge on any atom is -0.475 e. The van der Waals surface area contributed by atoms with Crippen molar-refractivity contribution in [1.82, 2.24) is 18.7 Å². The van der Waals surface area contributed by atoms with Gasteiger partial charge < -0.3 is 9.67 Å². The first-order valence-corrected chi connectivity index (χ1v) is 5.29. The van der Waals surface area contributed by atoms with Gasteiger partial charge in [-0.3, -0.25) is 13.9 Å². The molecule has 18 heavy (non-hydrogen) atoms. The Morgan fingerprint density at radius 1 is 1.28 bits per heavy atom. The lowest BCUT2D eigenvalue weighted by Gasteiger charge is -2.05. The Morgan fingerprint density at radius 3 is 2.39 bits per heavy atom. The highest BCUT2D eigenvalue weighted by atomic mass is 16.4. The Bertz CT molecular complexity index is 765. The third-order valence-electron chi connectivity index (χ3n) is 2.86. The monoisotopic (exact) mass is 252 g/mol. The zero-order valence-corrected chi connectivity index (χ0v) is 10.2. The molecule has 0 aliphatic rings. The van der Waals surface area contributed by atoms with Crippen LogP contribution in [0, 0.1) is 0 Å². The van der Waals surface area contributed by atoms with E-state index in [1.165, 1.54) is 23.2 Å². The maximum atomic E-state index is 12.0. The number of rotatable bonds is 2. The molecule has 2 aromatic heterocycles. The highest BCUT2D eigenvalue weighted by Gasteiger charge is 2.20. The van der Waals surface area contributed by atoms with Gasteiger partial charge in [-0.1, -0.05) is 0 Å². The van der Waals surface area contributed by atoms with Crippen LogP contribution in [0.5, 0.6) is 0 Å². The predicted octanol–water partition coefficient (Wildman–Crippen LogP) is -0.848. The first-order chi connectivity index (χ1) is 8.40. The summed E-state index contributed by atoms with van der Waals surface area (Å²) in [5.41, 5.74) is -0.853. The van der Waals surface area contributed by atoms with Crippen molar-refractivity contribution in [3.05, 3.63) is 26.7 Å². The molecule has 0 spiro atoms. The number of aromatic carboxylic acids is 1. The molecule has 0 fully saturated rings. The second kappa shape index (κ2) is 3.83. The summed E-state index contributed by atoms with van der Waals surface area (Å²) in [5, 5.41) is 8.98.